The summed E-state index contributed by atoms with van der Waals surface area (Å²) in [6.07, 6.45) is 3.86. The van der Waals surface area contributed by atoms with Gasteiger partial charge in [-0.2, -0.15) is 0 Å². The molecule has 0 fully saturated rings. The minimum Gasteiger partial charge on any atom is -0.330 e. The summed E-state index contributed by atoms with van der Waals surface area (Å²) in [6.45, 7) is 9.98. The largest absolute Gasteiger partial charge is 0.330 e. The Morgan fingerprint density at radius 3 is 2.27 bits per heavy atom. The van der Waals surface area contributed by atoms with Crippen LogP contribution in [-0.4, -0.2) is 6.54 Å². The first-order chi connectivity index (χ1) is 5.02. The lowest BCUT2D eigenvalue weighted by Gasteiger charge is -2.26. The molecule has 68 valence electrons. The minimum absolute atomic E-state index is 0.494. The van der Waals surface area contributed by atoms with Crippen LogP contribution < -0.4 is 5.73 Å². The summed E-state index contributed by atoms with van der Waals surface area (Å²) in [6, 6.07) is 0. The Balaban J connectivity index is 3.70. The Labute approximate surface area is 71.4 Å². The van der Waals surface area contributed by atoms with Crippen LogP contribution in [0.5, 0.6) is 0 Å². The normalized spacial score (nSPS) is 15.0. The molecule has 1 nitrogen and oxygen atoms in total. The van der Waals surface area contributed by atoms with E-state index in [1.54, 1.807) is 0 Å². The zero-order valence-electron chi connectivity index (χ0n) is 8.48. The third-order valence-electron chi connectivity index (χ3n) is 2.23. The molecular formula is C10H23N. The fourth-order valence-corrected chi connectivity index (χ4v) is 1.81. The molecule has 0 saturated carbocycles. The molecule has 0 aromatic rings. The van der Waals surface area contributed by atoms with Crippen molar-refractivity contribution in [2.24, 2.45) is 17.1 Å². The summed E-state index contributed by atoms with van der Waals surface area (Å²) in [5.41, 5.74) is 6.07. The van der Waals surface area contributed by atoms with Crippen LogP contribution in [0.4, 0.5) is 0 Å². The van der Waals surface area contributed by atoms with Gasteiger partial charge in [0.2, 0.25) is 0 Å². The molecule has 0 aliphatic rings. The lowest BCUT2D eigenvalue weighted by atomic mass is 9.80. The standard InChI is InChI=1S/C10H23N/c1-5-6-10(3,4)7-9(2)8-11/h9H,5-8,11H2,1-4H3. The van der Waals surface area contributed by atoms with Gasteiger partial charge in [-0.1, -0.05) is 34.1 Å². The van der Waals surface area contributed by atoms with Gasteiger partial charge in [0, 0.05) is 0 Å². The van der Waals surface area contributed by atoms with E-state index in [4.69, 9.17) is 5.73 Å². The van der Waals surface area contributed by atoms with Gasteiger partial charge in [0.15, 0.2) is 0 Å². The van der Waals surface area contributed by atoms with Gasteiger partial charge in [-0.05, 0) is 30.7 Å². The lowest BCUT2D eigenvalue weighted by molar-refractivity contribution is 0.257. The molecule has 1 heteroatoms. The topological polar surface area (TPSA) is 26.0 Å². The molecule has 1 atom stereocenters. The fourth-order valence-electron chi connectivity index (χ4n) is 1.81. The van der Waals surface area contributed by atoms with Crippen molar-refractivity contribution in [2.45, 2.75) is 47.0 Å². The monoisotopic (exact) mass is 157 g/mol. The molecule has 0 saturated heterocycles. The summed E-state index contributed by atoms with van der Waals surface area (Å²) in [4.78, 5) is 0. The van der Waals surface area contributed by atoms with Crippen LogP contribution in [-0.2, 0) is 0 Å². The Morgan fingerprint density at radius 1 is 1.36 bits per heavy atom. The van der Waals surface area contributed by atoms with Gasteiger partial charge in [-0.15, -0.1) is 0 Å². The van der Waals surface area contributed by atoms with E-state index in [1.807, 2.05) is 0 Å². The summed E-state index contributed by atoms with van der Waals surface area (Å²) in [7, 11) is 0. The predicted octanol–water partition coefficient (Wildman–Crippen LogP) is 2.80. The van der Waals surface area contributed by atoms with E-state index in [2.05, 4.69) is 27.7 Å². The highest BCUT2D eigenvalue weighted by Crippen LogP contribution is 2.29. The molecule has 0 aromatic heterocycles. The van der Waals surface area contributed by atoms with Crippen molar-refractivity contribution in [3.8, 4) is 0 Å². The first-order valence-electron chi connectivity index (χ1n) is 4.72. The maximum Gasteiger partial charge on any atom is -0.00513 e. The Hall–Kier alpha value is -0.0400. The molecule has 0 radical (unpaired) electrons. The van der Waals surface area contributed by atoms with E-state index in [0.717, 1.165) is 6.54 Å². The number of hydrogen-bond acceptors (Lipinski definition) is 1. The first-order valence-corrected chi connectivity index (χ1v) is 4.72. The van der Waals surface area contributed by atoms with Crippen LogP contribution >= 0.6 is 0 Å². The van der Waals surface area contributed by atoms with Crippen molar-refractivity contribution in [1.82, 2.24) is 0 Å². The van der Waals surface area contributed by atoms with E-state index in [-0.39, 0.29) is 0 Å². The van der Waals surface area contributed by atoms with E-state index < -0.39 is 0 Å². The molecule has 0 aromatic carbocycles. The molecule has 0 heterocycles. The molecule has 2 N–H and O–H groups in total. The number of nitrogens with two attached hydrogens (primary N) is 1. The van der Waals surface area contributed by atoms with Crippen LogP contribution in [0.1, 0.15) is 47.0 Å². The van der Waals surface area contributed by atoms with Gasteiger partial charge in [0.25, 0.3) is 0 Å². The van der Waals surface area contributed by atoms with Crippen LogP contribution in [0.15, 0.2) is 0 Å². The average molecular weight is 157 g/mol. The van der Waals surface area contributed by atoms with E-state index in [9.17, 15) is 0 Å². The lowest BCUT2D eigenvalue weighted by Crippen LogP contribution is -2.20. The summed E-state index contributed by atoms with van der Waals surface area (Å²) in [5, 5.41) is 0. The first kappa shape index (κ1) is 11.0. The van der Waals surface area contributed by atoms with Crippen molar-refractivity contribution >= 4 is 0 Å². The number of rotatable bonds is 5. The van der Waals surface area contributed by atoms with Gasteiger partial charge >= 0.3 is 0 Å². The Bertz CT molecular complexity index is 97.0. The SMILES string of the molecule is CCCC(C)(C)CC(C)CN. The molecule has 0 spiro atoms. The van der Waals surface area contributed by atoms with E-state index >= 15 is 0 Å². The highest BCUT2D eigenvalue weighted by atomic mass is 14.5. The van der Waals surface area contributed by atoms with Gasteiger partial charge in [-0.25, -0.2) is 0 Å². The zero-order valence-corrected chi connectivity index (χ0v) is 8.48. The molecule has 0 aliphatic carbocycles. The maximum absolute atomic E-state index is 5.58. The van der Waals surface area contributed by atoms with Crippen LogP contribution in [0.25, 0.3) is 0 Å². The Kier molecular flexibility index (Phi) is 4.74. The number of hydrogen-bond donors (Lipinski definition) is 1. The van der Waals surface area contributed by atoms with Crippen molar-refractivity contribution < 1.29 is 0 Å². The van der Waals surface area contributed by atoms with E-state index in [0.29, 0.717) is 11.3 Å². The van der Waals surface area contributed by atoms with E-state index in [1.165, 1.54) is 19.3 Å². The van der Waals surface area contributed by atoms with Crippen molar-refractivity contribution in [2.75, 3.05) is 6.54 Å². The summed E-state index contributed by atoms with van der Waals surface area (Å²) < 4.78 is 0. The molecule has 0 aliphatic heterocycles. The summed E-state index contributed by atoms with van der Waals surface area (Å²) >= 11 is 0. The molecule has 11 heavy (non-hydrogen) atoms. The van der Waals surface area contributed by atoms with Crippen LogP contribution in [0, 0.1) is 11.3 Å². The fraction of sp³-hybridized carbons (Fsp3) is 1.00. The zero-order chi connectivity index (χ0) is 8.91. The molecular weight excluding hydrogens is 134 g/mol. The van der Waals surface area contributed by atoms with Crippen molar-refractivity contribution in [1.29, 1.82) is 0 Å². The molecule has 0 rings (SSSR count). The second-order valence-corrected chi connectivity index (χ2v) is 4.46. The minimum atomic E-state index is 0.494. The smallest absolute Gasteiger partial charge is 0.00513 e. The highest BCUT2D eigenvalue weighted by Gasteiger charge is 2.18. The average Bonchev–Trinajstić information content (AvgIpc) is 1.86. The molecule has 0 amide bonds. The third-order valence-corrected chi connectivity index (χ3v) is 2.23. The van der Waals surface area contributed by atoms with Crippen LogP contribution in [0.3, 0.4) is 0 Å². The second kappa shape index (κ2) is 4.76. The van der Waals surface area contributed by atoms with Gasteiger partial charge in [-0.3, -0.25) is 0 Å². The predicted molar refractivity (Wildman–Crippen MR) is 51.5 cm³/mol. The van der Waals surface area contributed by atoms with Gasteiger partial charge in [0.05, 0.1) is 0 Å². The third kappa shape index (κ3) is 5.25. The quantitative estimate of drug-likeness (QED) is 0.652. The van der Waals surface area contributed by atoms with Crippen LogP contribution in [0.2, 0.25) is 0 Å². The maximum atomic E-state index is 5.58. The van der Waals surface area contributed by atoms with Crippen molar-refractivity contribution in [3.05, 3.63) is 0 Å². The molecule has 1 unspecified atom stereocenters. The van der Waals surface area contributed by atoms with Gasteiger partial charge < -0.3 is 5.73 Å². The Morgan fingerprint density at radius 2 is 1.91 bits per heavy atom. The second-order valence-electron chi connectivity index (χ2n) is 4.46. The summed E-state index contributed by atoms with van der Waals surface area (Å²) in [5.74, 6) is 0.677. The van der Waals surface area contributed by atoms with Crippen molar-refractivity contribution in [3.63, 3.8) is 0 Å². The molecule has 0 bridgehead atoms. The van der Waals surface area contributed by atoms with Gasteiger partial charge in [0.1, 0.15) is 0 Å². The highest BCUT2D eigenvalue weighted by molar-refractivity contribution is 4.71.